The van der Waals surface area contributed by atoms with Crippen molar-refractivity contribution in [2.45, 2.75) is 20.4 Å². The number of aryl methyl sites for hydroxylation is 2. The molecule has 0 radical (unpaired) electrons. The number of pyridine rings is 1. The van der Waals surface area contributed by atoms with Crippen LogP contribution in [-0.4, -0.2) is 41.3 Å². The zero-order chi connectivity index (χ0) is 14.6. The number of imidazole rings is 1. The Bertz CT molecular complexity index is 984. The van der Waals surface area contributed by atoms with Crippen LogP contribution in [0.2, 0.25) is 0 Å². The van der Waals surface area contributed by atoms with Gasteiger partial charge in [-0.15, -0.1) is 5.10 Å². The van der Waals surface area contributed by atoms with E-state index in [1.165, 1.54) is 0 Å². The molecule has 0 bridgehead atoms. The first-order valence-electron chi connectivity index (χ1n) is 6.79. The number of fused-ring (bicyclic) bond motifs is 6. The lowest BCUT2D eigenvalue weighted by molar-refractivity contribution is 0.276. The number of tetrazole rings is 1. The van der Waals surface area contributed by atoms with E-state index >= 15 is 0 Å². The van der Waals surface area contributed by atoms with Crippen LogP contribution in [0, 0.1) is 13.8 Å². The Morgan fingerprint density at radius 3 is 2.90 bits per heavy atom. The minimum atomic E-state index is 0.0653. The summed E-state index contributed by atoms with van der Waals surface area (Å²) in [6.07, 6.45) is 0. The fraction of sp³-hybridized carbons (Fsp3) is 0.286. The molecule has 0 saturated heterocycles. The first kappa shape index (κ1) is 12.2. The predicted molar refractivity (Wildman–Crippen MR) is 78.1 cm³/mol. The first-order chi connectivity index (χ1) is 10.2. The second-order valence-corrected chi connectivity index (χ2v) is 5.11. The summed E-state index contributed by atoms with van der Waals surface area (Å²) in [5, 5.41) is 22.4. The molecule has 0 unspecified atom stereocenters. The van der Waals surface area contributed by atoms with Crippen molar-refractivity contribution in [3.63, 3.8) is 0 Å². The second-order valence-electron chi connectivity index (χ2n) is 5.11. The molecule has 7 nitrogen and oxygen atoms in total. The molecular formula is C14H14N6O. The highest BCUT2D eigenvalue weighted by Crippen LogP contribution is 2.30. The van der Waals surface area contributed by atoms with Gasteiger partial charge in [-0.3, -0.25) is 0 Å². The monoisotopic (exact) mass is 282 g/mol. The number of hydrogen-bond acceptors (Lipinski definition) is 5. The maximum Gasteiger partial charge on any atom is 0.207 e. The van der Waals surface area contributed by atoms with Gasteiger partial charge < -0.3 is 9.67 Å². The van der Waals surface area contributed by atoms with Crippen molar-refractivity contribution in [2.75, 3.05) is 6.61 Å². The average Bonchev–Trinajstić information content (AvgIpc) is 3.06. The van der Waals surface area contributed by atoms with Crippen LogP contribution in [-0.2, 0) is 6.54 Å². The summed E-state index contributed by atoms with van der Waals surface area (Å²) in [4.78, 5) is 4.61. The minimum absolute atomic E-state index is 0.0653. The molecule has 0 aliphatic heterocycles. The smallest absolute Gasteiger partial charge is 0.207 e. The van der Waals surface area contributed by atoms with Crippen LogP contribution < -0.4 is 0 Å². The van der Waals surface area contributed by atoms with Gasteiger partial charge in [-0.2, -0.15) is 4.52 Å². The van der Waals surface area contributed by atoms with Gasteiger partial charge >= 0.3 is 0 Å². The Morgan fingerprint density at radius 1 is 1.24 bits per heavy atom. The van der Waals surface area contributed by atoms with Gasteiger partial charge in [0.25, 0.3) is 0 Å². The van der Waals surface area contributed by atoms with Crippen LogP contribution >= 0.6 is 0 Å². The van der Waals surface area contributed by atoms with E-state index in [1.807, 2.05) is 23.6 Å². The Kier molecular flexibility index (Phi) is 2.46. The number of nitrogens with zero attached hydrogens (tertiary/aromatic N) is 6. The van der Waals surface area contributed by atoms with Crippen LogP contribution in [0.3, 0.4) is 0 Å². The molecule has 0 aliphatic carbocycles. The van der Waals surface area contributed by atoms with Crippen molar-refractivity contribution in [1.29, 1.82) is 0 Å². The molecule has 106 valence electrons. The lowest BCUT2D eigenvalue weighted by Crippen LogP contribution is -2.05. The Morgan fingerprint density at radius 2 is 2.10 bits per heavy atom. The highest BCUT2D eigenvalue weighted by Gasteiger charge is 2.18. The molecule has 1 aromatic carbocycles. The van der Waals surface area contributed by atoms with Gasteiger partial charge in [-0.05, 0) is 35.9 Å². The third-order valence-electron chi connectivity index (χ3n) is 3.88. The average molecular weight is 282 g/mol. The SMILES string of the molecule is Cc1cccc2c1c1c(nc(C)n1CCO)c1nnnn21. The van der Waals surface area contributed by atoms with E-state index in [4.69, 9.17) is 0 Å². The molecular weight excluding hydrogens is 268 g/mol. The Balaban J connectivity index is 2.36. The summed E-state index contributed by atoms with van der Waals surface area (Å²) in [7, 11) is 0. The third-order valence-corrected chi connectivity index (χ3v) is 3.88. The van der Waals surface area contributed by atoms with Gasteiger partial charge in [-0.25, -0.2) is 4.98 Å². The fourth-order valence-corrected chi connectivity index (χ4v) is 2.98. The highest BCUT2D eigenvalue weighted by atomic mass is 16.3. The van der Waals surface area contributed by atoms with E-state index in [2.05, 4.69) is 33.5 Å². The van der Waals surface area contributed by atoms with Crippen LogP contribution in [0.4, 0.5) is 0 Å². The summed E-state index contributed by atoms with van der Waals surface area (Å²) in [6, 6.07) is 6.05. The van der Waals surface area contributed by atoms with E-state index in [0.717, 1.165) is 33.3 Å². The van der Waals surface area contributed by atoms with Crippen molar-refractivity contribution in [1.82, 2.24) is 29.6 Å². The second kappa shape index (κ2) is 4.23. The van der Waals surface area contributed by atoms with Gasteiger partial charge in [0.05, 0.1) is 17.6 Å². The summed E-state index contributed by atoms with van der Waals surface area (Å²) >= 11 is 0. The molecule has 21 heavy (non-hydrogen) atoms. The van der Waals surface area contributed by atoms with E-state index in [-0.39, 0.29) is 6.61 Å². The predicted octanol–water partition coefficient (Wildman–Crippen LogP) is 1.24. The molecule has 0 fully saturated rings. The molecule has 0 atom stereocenters. The molecule has 0 saturated carbocycles. The minimum Gasteiger partial charge on any atom is -0.395 e. The summed E-state index contributed by atoms with van der Waals surface area (Å²) < 4.78 is 3.75. The van der Waals surface area contributed by atoms with Gasteiger partial charge in [0, 0.05) is 11.9 Å². The van der Waals surface area contributed by atoms with Gasteiger partial charge in [0.1, 0.15) is 11.3 Å². The van der Waals surface area contributed by atoms with Crippen molar-refractivity contribution in [3.8, 4) is 0 Å². The maximum atomic E-state index is 9.34. The number of hydrogen-bond donors (Lipinski definition) is 1. The normalized spacial score (nSPS) is 12.0. The molecule has 3 aromatic heterocycles. The lowest BCUT2D eigenvalue weighted by Gasteiger charge is -2.09. The van der Waals surface area contributed by atoms with Crippen LogP contribution in [0.25, 0.3) is 27.6 Å². The van der Waals surface area contributed by atoms with E-state index in [0.29, 0.717) is 12.2 Å². The quantitative estimate of drug-likeness (QED) is 0.598. The first-order valence-corrected chi connectivity index (χ1v) is 6.79. The topological polar surface area (TPSA) is 81.1 Å². The number of rotatable bonds is 2. The molecule has 0 spiro atoms. The van der Waals surface area contributed by atoms with Crippen LogP contribution in [0.5, 0.6) is 0 Å². The van der Waals surface area contributed by atoms with E-state index < -0.39 is 0 Å². The summed E-state index contributed by atoms with van der Waals surface area (Å²) in [5.41, 5.74) is 4.48. The van der Waals surface area contributed by atoms with Crippen molar-refractivity contribution < 1.29 is 5.11 Å². The Labute approximate surface area is 119 Å². The largest absolute Gasteiger partial charge is 0.395 e. The van der Waals surface area contributed by atoms with Gasteiger partial charge in [-0.1, -0.05) is 12.1 Å². The zero-order valence-corrected chi connectivity index (χ0v) is 11.8. The molecule has 0 aliphatic rings. The molecule has 1 N–H and O–H groups in total. The van der Waals surface area contributed by atoms with Crippen LogP contribution in [0.15, 0.2) is 18.2 Å². The van der Waals surface area contributed by atoms with Crippen molar-refractivity contribution in [3.05, 3.63) is 29.6 Å². The highest BCUT2D eigenvalue weighted by molar-refractivity contribution is 6.09. The van der Waals surface area contributed by atoms with Gasteiger partial charge in [0.15, 0.2) is 0 Å². The zero-order valence-electron chi connectivity index (χ0n) is 11.8. The summed E-state index contributed by atoms with van der Waals surface area (Å²) in [5.74, 6) is 0.847. The molecule has 3 heterocycles. The molecule has 0 amide bonds. The molecule has 7 heteroatoms. The Hall–Kier alpha value is -2.54. The van der Waals surface area contributed by atoms with Crippen molar-refractivity contribution in [2.24, 2.45) is 0 Å². The number of aliphatic hydroxyl groups excluding tert-OH is 1. The third kappa shape index (κ3) is 1.52. The standard InChI is InChI=1S/C14H14N6O/c1-8-4-3-5-10-11(8)13-12(14-16-17-18-20(10)14)15-9(2)19(13)6-7-21/h3-5,21H,6-7H2,1-2H3. The van der Waals surface area contributed by atoms with E-state index in [1.54, 1.807) is 4.52 Å². The van der Waals surface area contributed by atoms with Crippen LogP contribution in [0.1, 0.15) is 11.4 Å². The van der Waals surface area contributed by atoms with Gasteiger partial charge in [0.2, 0.25) is 5.65 Å². The van der Waals surface area contributed by atoms with E-state index in [9.17, 15) is 5.11 Å². The molecule has 4 aromatic rings. The lowest BCUT2D eigenvalue weighted by atomic mass is 10.1. The number of aromatic nitrogens is 6. The number of benzene rings is 1. The van der Waals surface area contributed by atoms with Crippen molar-refractivity contribution >= 4 is 27.6 Å². The summed E-state index contributed by atoms with van der Waals surface area (Å²) in [6.45, 7) is 4.56. The maximum absolute atomic E-state index is 9.34. The molecule has 4 rings (SSSR count). The fourth-order valence-electron chi connectivity index (χ4n) is 2.98. The number of aliphatic hydroxyl groups is 1.